The second-order valence-electron chi connectivity index (χ2n) is 16.3. The molecule has 0 aromatic carbocycles. The highest BCUT2D eigenvalue weighted by Crippen LogP contribution is 2.30. The van der Waals surface area contributed by atoms with Gasteiger partial charge in [0.1, 0.15) is 17.2 Å². The molecule has 1 aromatic heterocycles. The summed E-state index contributed by atoms with van der Waals surface area (Å²) in [6, 6.07) is -1.02. The summed E-state index contributed by atoms with van der Waals surface area (Å²) in [6.07, 6.45) is 12.0. The number of thioether (sulfide) groups is 1. The minimum atomic E-state index is -0.705. The van der Waals surface area contributed by atoms with Crippen LogP contribution in [0, 0.1) is 11.8 Å². The highest BCUT2D eigenvalue weighted by molar-refractivity contribution is 8.02. The van der Waals surface area contributed by atoms with Crippen LogP contribution in [0.1, 0.15) is 129 Å². The van der Waals surface area contributed by atoms with Crippen LogP contribution in [-0.4, -0.2) is 89.7 Å². The van der Waals surface area contributed by atoms with Crippen LogP contribution in [0.4, 0.5) is 9.59 Å². The molecule has 4 unspecified atom stereocenters. The summed E-state index contributed by atoms with van der Waals surface area (Å²) in [7, 11) is 2.93. The summed E-state index contributed by atoms with van der Waals surface area (Å²) in [6.45, 7) is 22.3. The largest absolute Gasteiger partial charge is 0.444 e. The number of likely N-dealkylation sites (N-methyl/N-ethyl adjacent to an activating group) is 1. The number of rotatable bonds is 13. The third-order valence-corrected chi connectivity index (χ3v) is 10.4. The van der Waals surface area contributed by atoms with E-state index in [-0.39, 0.29) is 35.6 Å². The first-order valence-corrected chi connectivity index (χ1v) is 21.3. The van der Waals surface area contributed by atoms with Crippen molar-refractivity contribution in [3.8, 4) is 0 Å². The highest BCUT2D eigenvalue weighted by atomic mass is 32.2. The number of amides is 3. The molecular formula is C40H70N6O7S2. The number of nitrogens with two attached hydrogens (primary N) is 1. The van der Waals surface area contributed by atoms with Gasteiger partial charge in [-0.1, -0.05) is 38.8 Å². The molecule has 2 saturated carbocycles. The van der Waals surface area contributed by atoms with Crippen LogP contribution in [-0.2, 0) is 19.1 Å². The van der Waals surface area contributed by atoms with Gasteiger partial charge in [0.15, 0.2) is 5.01 Å². The summed E-state index contributed by atoms with van der Waals surface area (Å²) in [4.78, 5) is 60.0. The van der Waals surface area contributed by atoms with Crippen LogP contribution in [0.2, 0.25) is 0 Å². The first-order valence-electron chi connectivity index (χ1n) is 19.2. The van der Waals surface area contributed by atoms with Crippen LogP contribution in [0.3, 0.4) is 0 Å². The van der Waals surface area contributed by atoms with Gasteiger partial charge in [-0.25, -0.2) is 19.6 Å². The fraction of sp³-hybridized carbons (Fsp3) is 0.725. The number of alkyl carbamates (subject to hydrolysis) is 2. The van der Waals surface area contributed by atoms with E-state index < -0.39 is 35.5 Å². The number of aromatic nitrogens is 1. The quantitative estimate of drug-likeness (QED) is 0.112. The van der Waals surface area contributed by atoms with E-state index in [1.165, 1.54) is 30.4 Å². The number of nitrogens with one attached hydrogen (secondary N) is 3. The number of hydrogen-bond donors (Lipinski definition) is 4. The predicted molar refractivity (Wildman–Crippen MR) is 224 cm³/mol. The van der Waals surface area contributed by atoms with E-state index >= 15 is 0 Å². The Bertz CT molecular complexity index is 1360. The topological polar surface area (TPSA) is 174 Å². The van der Waals surface area contributed by atoms with Crippen LogP contribution in [0.5, 0.6) is 0 Å². The lowest BCUT2D eigenvalue weighted by molar-refractivity contribution is -0.171. The number of ketones is 1. The van der Waals surface area contributed by atoms with Crippen LogP contribution < -0.4 is 21.7 Å². The van der Waals surface area contributed by atoms with Crippen molar-refractivity contribution in [1.29, 1.82) is 0 Å². The van der Waals surface area contributed by atoms with Crippen LogP contribution in [0.15, 0.2) is 35.3 Å². The Balaban J connectivity index is 0.000000495. The van der Waals surface area contributed by atoms with Crippen LogP contribution in [0.25, 0.3) is 0 Å². The lowest BCUT2D eigenvalue weighted by Gasteiger charge is -2.35. The molecule has 3 amide bonds. The molecule has 2 aliphatic rings. The number of carbonyl (C=O) groups excluding carboxylic acids is 4. The zero-order valence-corrected chi connectivity index (χ0v) is 36.9. The minimum Gasteiger partial charge on any atom is -0.444 e. The van der Waals surface area contributed by atoms with E-state index in [1.54, 1.807) is 64.9 Å². The van der Waals surface area contributed by atoms with Crippen molar-refractivity contribution in [2.45, 2.75) is 155 Å². The maximum Gasteiger partial charge on any atom is 0.408 e. The number of ether oxygens (including phenoxy) is 2. The second-order valence-corrected chi connectivity index (χ2v) is 18.3. The predicted octanol–water partition coefficient (Wildman–Crippen LogP) is 7.98. The lowest BCUT2D eigenvalue weighted by atomic mass is 9.80. The third-order valence-electron chi connectivity index (χ3n) is 8.96. The number of Topliss-reactive ketones (excluding diaryl/α,β-unsaturated/α-hetero) is 1. The SMILES string of the molecule is C=C(C)NC1CCCCC1C[C@H](NC(=O)OC(C)(C)C)C(=O)c1nccs1.C=C(C)SC.CON(C)C(=O)[C@H](CC1CCCCC1N)NC(=O)OC(C)(C)C. The Kier molecular flexibility index (Phi) is 22.2. The Morgan fingerprint density at radius 3 is 1.85 bits per heavy atom. The Morgan fingerprint density at radius 1 is 0.909 bits per heavy atom. The number of hydroxylamine groups is 2. The number of nitrogens with zero attached hydrogens (tertiary/aromatic N) is 2. The molecule has 5 N–H and O–H groups in total. The van der Waals surface area contributed by atoms with E-state index in [0.29, 0.717) is 17.8 Å². The molecule has 0 radical (unpaired) electrons. The molecule has 15 heteroatoms. The Morgan fingerprint density at radius 2 is 1.40 bits per heavy atom. The summed E-state index contributed by atoms with van der Waals surface area (Å²) in [5, 5.41) is 12.2. The zero-order valence-electron chi connectivity index (χ0n) is 35.3. The first kappa shape index (κ1) is 49.9. The minimum absolute atomic E-state index is 0.0623. The molecule has 55 heavy (non-hydrogen) atoms. The third kappa shape index (κ3) is 21.1. The van der Waals surface area contributed by atoms with Crippen molar-refractivity contribution in [2.75, 3.05) is 20.4 Å². The monoisotopic (exact) mass is 810 g/mol. The zero-order chi connectivity index (χ0) is 41.9. The van der Waals surface area contributed by atoms with Crippen molar-refractivity contribution in [3.05, 3.63) is 40.3 Å². The van der Waals surface area contributed by atoms with Gasteiger partial charge in [-0.3, -0.25) is 14.4 Å². The summed E-state index contributed by atoms with van der Waals surface area (Å²) in [5.41, 5.74) is 5.86. The number of thiazole rings is 1. The van der Waals surface area contributed by atoms with Gasteiger partial charge in [-0.15, -0.1) is 23.1 Å². The van der Waals surface area contributed by atoms with Crippen LogP contribution >= 0.6 is 23.1 Å². The van der Waals surface area contributed by atoms with E-state index in [0.717, 1.165) is 62.1 Å². The Labute approximate surface area is 338 Å². The number of carbonyl (C=O) groups is 4. The lowest BCUT2D eigenvalue weighted by Crippen LogP contribution is -2.50. The molecular weight excluding hydrogens is 741 g/mol. The number of allylic oxidation sites excluding steroid dienone is 2. The van der Waals surface area contributed by atoms with Crippen molar-refractivity contribution < 1.29 is 33.5 Å². The van der Waals surface area contributed by atoms with E-state index in [4.69, 9.17) is 20.0 Å². The van der Waals surface area contributed by atoms with Gasteiger partial charge in [0, 0.05) is 36.4 Å². The van der Waals surface area contributed by atoms with Gasteiger partial charge < -0.3 is 31.2 Å². The van der Waals surface area contributed by atoms with Crippen molar-refractivity contribution in [3.63, 3.8) is 0 Å². The van der Waals surface area contributed by atoms with E-state index in [1.807, 2.05) is 20.1 Å². The fourth-order valence-corrected chi connectivity index (χ4v) is 6.92. The molecule has 314 valence electrons. The van der Waals surface area contributed by atoms with Gasteiger partial charge in [-0.2, -0.15) is 0 Å². The summed E-state index contributed by atoms with van der Waals surface area (Å²) < 4.78 is 10.6. The van der Waals surface area contributed by atoms with Gasteiger partial charge in [0.05, 0.1) is 13.2 Å². The normalized spacial score (nSPS) is 20.7. The standard InChI is InChI=1S/C20H31N3O3S.C16H31N3O4.C4H8S/c1-13(2)22-15-9-7-6-8-14(15)12-16(17(24)18-21-10-11-27-18)23-19(25)26-20(3,4)5;1-16(2,3)23-15(21)18-13(14(20)19(4)22-5)10-11-8-6-7-9-12(11)17;1-4(2)5-3/h10-11,14-16,22H,1,6-9,12H2,2-5H3,(H,23,25);11-13H,6-10,17H2,1-5H3,(H,18,21);1H2,2-3H3/t14?,15?,16-;11?,12?,13-;/m00./s1. The summed E-state index contributed by atoms with van der Waals surface area (Å²) >= 11 is 2.98. The highest BCUT2D eigenvalue weighted by Gasteiger charge is 2.34. The van der Waals surface area contributed by atoms with Gasteiger partial charge in [-0.05, 0) is 117 Å². The Hall–Kier alpha value is -3.14. The van der Waals surface area contributed by atoms with Gasteiger partial charge >= 0.3 is 12.2 Å². The molecule has 2 fully saturated rings. The average Bonchev–Trinajstić information content (AvgIpc) is 3.62. The maximum atomic E-state index is 12.9. The average molecular weight is 811 g/mol. The van der Waals surface area contributed by atoms with E-state index in [2.05, 4.69) is 34.1 Å². The molecule has 0 aliphatic heterocycles. The molecule has 6 atom stereocenters. The van der Waals surface area contributed by atoms with Crippen molar-refractivity contribution in [2.24, 2.45) is 17.6 Å². The second kappa shape index (κ2) is 24.5. The molecule has 0 saturated heterocycles. The van der Waals surface area contributed by atoms with E-state index in [9.17, 15) is 19.2 Å². The maximum absolute atomic E-state index is 12.9. The molecule has 0 spiro atoms. The van der Waals surface area contributed by atoms with Crippen molar-refractivity contribution in [1.82, 2.24) is 26.0 Å². The van der Waals surface area contributed by atoms with Gasteiger partial charge in [0.25, 0.3) is 5.91 Å². The molecule has 1 heterocycles. The smallest absolute Gasteiger partial charge is 0.408 e. The van der Waals surface area contributed by atoms with Crippen molar-refractivity contribution >= 4 is 47.0 Å². The van der Waals surface area contributed by atoms with Gasteiger partial charge in [0.2, 0.25) is 5.78 Å². The fourth-order valence-electron chi connectivity index (χ4n) is 6.29. The molecule has 3 rings (SSSR count). The molecule has 2 aliphatic carbocycles. The molecule has 0 bridgehead atoms. The molecule has 13 nitrogen and oxygen atoms in total. The number of hydrogen-bond acceptors (Lipinski definition) is 12. The first-order chi connectivity index (χ1) is 25.6. The summed E-state index contributed by atoms with van der Waals surface area (Å²) in [5.74, 6) is 0.0174. The molecule has 1 aromatic rings.